The van der Waals surface area contributed by atoms with E-state index in [1.54, 1.807) is 12.1 Å². The van der Waals surface area contributed by atoms with E-state index in [-0.39, 0.29) is 5.91 Å². The van der Waals surface area contributed by atoms with Crippen LogP contribution < -0.4 is 0 Å². The normalized spacial score (nSPS) is 28.2. The van der Waals surface area contributed by atoms with E-state index in [1.807, 2.05) is 4.90 Å². The van der Waals surface area contributed by atoms with Crippen LogP contribution in [0.15, 0.2) is 21.2 Å². The summed E-state index contributed by atoms with van der Waals surface area (Å²) < 4.78 is 6.00. The lowest BCUT2D eigenvalue weighted by atomic mass is 9.92. The molecule has 2 heterocycles. The third-order valence-electron chi connectivity index (χ3n) is 4.04. The molecular formula is C13H16BrNO2. The lowest BCUT2D eigenvalue weighted by Gasteiger charge is -2.37. The van der Waals surface area contributed by atoms with Crippen molar-refractivity contribution >= 4 is 21.8 Å². The number of hydrogen-bond acceptors (Lipinski definition) is 2. The van der Waals surface area contributed by atoms with Gasteiger partial charge >= 0.3 is 0 Å². The van der Waals surface area contributed by atoms with Gasteiger partial charge in [0, 0.05) is 12.6 Å². The fourth-order valence-corrected chi connectivity index (χ4v) is 3.58. The van der Waals surface area contributed by atoms with Crippen molar-refractivity contribution in [2.45, 2.75) is 38.1 Å². The second-order valence-electron chi connectivity index (χ2n) is 5.00. The number of carbonyl (C=O) groups is 1. The summed E-state index contributed by atoms with van der Waals surface area (Å²) in [5, 5.41) is 0. The van der Waals surface area contributed by atoms with Crippen LogP contribution in [-0.2, 0) is 0 Å². The molecule has 92 valence electrons. The van der Waals surface area contributed by atoms with Crippen molar-refractivity contribution in [2.75, 3.05) is 6.54 Å². The Balaban J connectivity index is 1.81. The number of nitrogens with zero attached hydrogens (tertiary/aromatic N) is 1. The van der Waals surface area contributed by atoms with Gasteiger partial charge < -0.3 is 9.32 Å². The Morgan fingerprint density at radius 3 is 2.88 bits per heavy atom. The molecule has 17 heavy (non-hydrogen) atoms. The van der Waals surface area contributed by atoms with E-state index < -0.39 is 0 Å². The molecule has 1 aromatic rings. The molecule has 2 fully saturated rings. The van der Waals surface area contributed by atoms with Crippen molar-refractivity contribution in [3.63, 3.8) is 0 Å². The molecule has 0 bridgehead atoms. The van der Waals surface area contributed by atoms with Crippen LogP contribution in [0, 0.1) is 5.92 Å². The molecule has 1 amide bonds. The second kappa shape index (κ2) is 4.48. The summed E-state index contributed by atoms with van der Waals surface area (Å²) in [6.45, 7) is 0.887. The largest absolute Gasteiger partial charge is 0.444 e. The fraction of sp³-hybridized carbons (Fsp3) is 0.615. The molecule has 4 heteroatoms. The lowest BCUT2D eigenvalue weighted by Crippen LogP contribution is -2.46. The predicted octanol–water partition coefficient (Wildman–Crippen LogP) is 3.45. The minimum atomic E-state index is 0.0623. The minimum Gasteiger partial charge on any atom is -0.444 e. The number of halogens is 1. The highest BCUT2D eigenvalue weighted by Crippen LogP contribution is 2.37. The van der Waals surface area contributed by atoms with Crippen LogP contribution in [0.25, 0.3) is 0 Å². The summed E-state index contributed by atoms with van der Waals surface area (Å²) in [4.78, 5) is 14.4. The highest BCUT2D eigenvalue weighted by atomic mass is 79.9. The van der Waals surface area contributed by atoms with Crippen LogP contribution in [0.3, 0.4) is 0 Å². The van der Waals surface area contributed by atoms with Crippen molar-refractivity contribution in [3.05, 3.63) is 22.6 Å². The second-order valence-corrected chi connectivity index (χ2v) is 5.78. The minimum absolute atomic E-state index is 0.0623. The maximum atomic E-state index is 12.4. The van der Waals surface area contributed by atoms with Crippen molar-refractivity contribution in [2.24, 2.45) is 5.92 Å². The first kappa shape index (κ1) is 11.3. The molecule has 0 aromatic carbocycles. The molecule has 1 saturated heterocycles. The Hall–Kier alpha value is -0.770. The van der Waals surface area contributed by atoms with Crippen LogP contribution >= 0.6 is 15.9 Å². The Labute approximate surface area is 109 Å². The molecule has 1 aromatic heterocycles. The molecule has 1 aliphatic carbocycles. The van der Waals surface area contributed by atoms with Crippen molar-refractivity contribution < 1.29 is 9.21 Å². The first-order valence-corrected chi connectivity index (χ1v) is 7.11. The van der Waals surface area contributed by atoms with Crippen LogP contribution in [0.2, 0.25) is 0 Å². The smallest absolute Gasteiger partial charge is 0.289 e. The zero-order chi connectivity index (χ0) is 11.8. The van der Waals surface area contributed by atoms with E-state index in [4.69, 9.17) is 4.42 Å². The number of carbonyl (C=O) groups excluding carboxylic acids is 1. The third kappa shape index (κ3) is 2.03. The Morgan fingerprint density at radius 2 is 2.12 bits per heavy atom. The molecule has 0 spiro atoms. The molecule has 2 atom stereocenters. The maximum Gasteiger partial charge on any atom is 0.289 e. The van der Waals surface area contributed by atoms with Crippen LogP contribution in [0.4, 0.5) is 0 Å². The monoisotopic (exact) mass is 297 g/mol. The standard InChI is InChI=1S/C13H16BrNO2/c14-12-7-6-11(17-12)13(16)15-8-2-4-9-3-1-5-10(9)15/h6-7,9-10H,1-5,8H2. The summed E-state index contributed by atoms with van der Waals surface area (Å²) in [5.74, 6) is 1.25. The molecule has 3 nitrogen and oxygen atoms in total. The SMILES string of the molecule is O=C(c1ccc(Br)o1)N1CCCC2CCCC21. The van der Waals surface area contributed by atoms with Crippen molar-refractivity contribution in [3.8, 4) is 0 Å². The van der Waals surface area contributed by atoms with Crippen LogP contribution in [0.5, 0.6) is 0 Å². The van der Waals surface area contributed by atoms with E-state index in [1.165, 1.54) is 19.3 Å². The first-order valence-electron chi connectivity index (χ1n) is 6.32. The Morgan fingerprint density at radius 1 is 1.29 bits per heavy atom. The summed E-state index contributed by atoms with van der Waals surface area (Å²) >= 11 is 3.24. The summed E-state index contributed by atoms with van der Waals surface area (Å²) in [5.41, 5.74) is 0. The van der Waals surface area contributed by atoms with Crippen LogP contribution in [-0.4, -0.2) is 23.4 Å². The maximum absolute atomic E-state index is 12.4. The van der Waals surface area contributed by atoms with Gasteiger partial charge in [0.05, 0.1) is 0 Å². The molecule has 0 N–H and O–H groups in total. The van der Waals surface area contributed by atoms with Crippen LogP contribution in [0.1, 0.15) is 42.7 Å². The molecular weight excluding hydrogens is 282 g/mol. The fourth-order valence-electron chi connectivity index (χ4n) is 3.28. The average Bonchev–Trinajstić information content (AvgIpc) is 2.95. The molecule has 3 rings (SSSR count). The van der Waals surface area contributed by atoms with E-state index >= 15 is 0 Å². The highest BCUT2D eigenvalue weighted by molar-refractivity contribution is 9.10. The zero-order valence-corrected chi connectivity index (χ0v) is 11.3. The van der Waals surface area contributed by atoms with Crippen molar-refractivity contribution in [1.82, 2.24) is 4.90 Å². The molecule has 2 aliphatic rings. The van der Waals surface area contributed by atoms with Gasteiger partial charge in [-0.05, 0) is 59.7 Å². The number of rotatable bonds is 1. The van der Waals surface area contributed by atoms with E-state index in [2.05, 4.69) is 15.9 Å². The lowest BCUT2D eigenvalue weighted by molar-refractivity contribution is 0.0515. The Bertz CT molecular complexity index is 429. The number of fused-ring (bicyclic) bond motifs is 1. The molecule has 2 unspecified atom stereocenters. The van der Waals surface area contributed by atoms with Gasteiger partial charge in [-0.15, -0.1) is 0 Å². The molecule has 0 radical (unpaired) electrons. The highest BCUT2D eigenvalue weighted by Gasteiger charge is 2.38. The zero-order valence-electron chi connectivity index (χ0n) is 9.69. The van der Waals surface area contributed by atoms with E-state index in [0.717, 1.165) is 25.3 Å². The van der Waals surface area contributed by atoms with Gasteiger partial charge in [0.1, 0.15) is 0 Å². The summed E-state index contributed by atoms with van der Waals surface area (Å²) in [6, 6.07) is 3.99. The van der Waals surface area contributed by atoms with Gasteiger partial charge in [0.2, 0.25) is 0 Å². The van der Waals surface area contributed by atoms with Gasteiger partial charge in [0.25, 0.3) is 5.91 Å². The average molecular weight is 298 g/mol. The van der Waals surface area contributed by atoms with Gasteiger partial charge in [-0.25, -0.2) is 0 Å². The quantitative estimate of drug-likeness (QED) is 0.795. The summed E-state index contributed by atoms with van der Waals surface area (Å²) in [6.07, 6.45) is 6.14. The molecule has 1 aliphatic heterocycles. The number of furan rings is 1. The van der Waals surface area contributed by atoms with Crippen molar-refractivity contribution in [1.29, 1.82) is 0 Å². The van der Waals surface area contributed by atoms with E-state index in [9.17, 15) is 4.79 Å². The van der Waals surface area contributed by atoms with E-state index in [0.29, 0.717) is 16.5 Å². The van der Waals surface area contributed by atoms with Gasteiger partial charge in [-0.2, -0.15) is 0 Å². The summed E-state index contributed by atoms with van der Waals surface area (Å²) in [7, 11) is 0. The van der Waals surface area contributed by atoms with Gasteiger partial charge in [-0.3, -0.25) is 4.79 Å². The van der Waals surface area contributed by atoms with Gasteiger partial charge in [-0.1, -0.05) is 6.42 Å². The predicted molar refractivity (Wildman–Crippen MR) is 67.8 cm³/mol. The molecule has 1 saturated carbocycles. The number of likely N-dealkylation sites (tertiary alicyclic amines) is 1. The first-order chi connectivity index (χ1) is 8.25. The third-order valence-corrected chi connectivity index (χ3v) is 4.46. The number of amides is 1. The Kier molecular flexibility index (Phi) is 2.99. The van der Waals surface area contributed by atoms with Gasteiger partial charge in [0.15, 0.2) is 10.4 Å². The number of piperidine rings is 1. The number of hydrogen-bond donors (Lipinski definition) is 0. The topological polar surface area (TPSA) is 33.5 Å².